The summed E-state index contributed by atoms with van der Waals surface area (Å²) in [5, 5.41) is 7.94. The highest BCUT2D eigenvalue weighted by Crippen LogP contribution is 2.38. The predicted molar refractivity (Wildman–Crippen MR) is 227 cm³/mol. The Bertz CT molecular complexity index is 2500. The lowest BCUT2D eigenvalue weighted by atomic mass is 9.90. The third kappa shape index (κ3) is 8.09. The fourth-order valence-corrected chi connectivity index (χ4v) is 9.35. The Morgan fingerprint density at radius 1 is 0.968 bits per heavy atom. The number of nitrogens with two attached hydrogens (primary N) is 1. The first-order valence-corrected chi connectivity index (χ1v) is 21.1. The smallest absolute Gasteiger partial charge is 0.261 e. The van der Waals surface area contributed by atoms with Crippen LogP contribution in [0.15, 0.2) is 73.1 Å². The molecule has 322 valence electrons. The highest BCUT2D eigenvalue weighted by atomic mass is 19.1. The molecule has 6 heterocycles. The Hall–Kier alpha value is -6.33. The Morgan fingerprint density at radius 2 is 1.68 bits per heavy atom. The van der Waals surface area contributed by atoms with E-state index in [0.29, 0.717) is 53.4 Å². The van der Waals surface area contributed by atoms with Crippen LogP contribution in [0.3, 0.4) is 0 Å². The second kappa shape index (κ2) is 16.9. The van der Waals surface area contributed by atoms with E-state index in [2.05, 4.69) is 25.1 Å². The maximum absolute atomic E-state index is 16.3. The number of nitrogens with one attached hydrogen (secondary N) is 1. The van der Waals surface area contributed by atoms with E-state index >= 15 is 8.78 Å². The average Bonchev–Trinajstić information content (AvgIpc) is 3.66. The number of piperidine rings is 3. The van der Waals surface area contributed by atoms with Gasteiger partial charge in [0.2, 0.25) is 18.2 Å². The summed E-state index contributed by atoms with van der Waals surface area (Å²) in [5.41, 5.74) is 7.94. The van der Waals surface area contributed by atoms with Gasteiger partial charge in [0.15, 0.2) is 5.65 Å². The Balaban J connectivity index is 0.770. The summed E-state index contributed by atoms with van der Waals surface area (Å²) in [7, 11) is 0. The molecule has 1 atom stereocenters. The Kier molecular flexibility index (Phi) is 11.2. The number of aromatic nitrogens is 4. The van der Waals surface area contributed by atoms with Gasteiger partial charge in [-0.25, -0.2) is 23.4 Å². The molecule has 4 aliphatic heterocycles. The quantitative estimate of drug-likeness (QED) is 0.134. The highest BCUT2D eigenvalue weighted by molar-refractivity contribution is 6.07. The average molecular weight is 847 g/mol. The minimum absolute atomic E-state index is 0.00645. The highest BCUT2D eigenvalue weighted by Gasteiger charge is 2.42. The third-order valence-electron chi connectivity index (χ3n) is 12.8. The van der Waals surface area contributed by atoms with Crippen LogP contribution < -0.4 is 20.7 Å². The SMILES string of the molecule is Cc1cc(N2CCC(F)(CN3CC(N4CCC(n5nc(-c6ccc(Oc7ccccc7)cc6)c6c(N)ncnc65)CC4)C3)CC2)c(F)cc1C(=O)N(C=O)C1CCC(=O)NC1=O. The number of rotatable bonds is 11. The molecule has 62 heavy (non-hydrogen) atoms. The molecule has 2 aromatic heterocycles. The van der Waals surface area contributed by atoms with Gasteiger partial charge in [-0.15, -0.1) is 0 Å². The summed E-state index contributed by atoms with van der Waals surface area (Å²) in [6.45, 7) is 5.85. The number of carbonyl (C=O) groups is 4. The van der Waals surface area contributed by atoms with E-state index in [1.165, 1.54) is 12.4 Å². The van der Waals surface area contributed by atoms with Crippen LogP contribution in [0, 0.1) is 12.7 Å². The number of benzene rings is 3. The first-order chi connectivity index (χ1) is 30.0. The summed E-state index contributed by atoms with van der Waals surface area (Å²) in [4.78, 5) is 65.2. The van der Waals surface area contributed by atoms with Crippen LogP contribution in [0.2, 0.25) is 0 Å². The van der Waals surface area contributed by atoms with Crippen LogP contribution in [-0.2, 0) is 14.4 Å². The van der Waals surface area contributed by atoms with Gasteiger partial charge in [0.05, 0.1) is 17.1 Å². The zero-order valence-electron chi connectivity index (χ0n) is 34.4. The number of amides is 4. The molecule has 4 fully saturated rings. The number of carbonyl (C=O) groups excluding carboxylic acids is 4. The first-order valence-electron chi connectivity index (χ1n) is 21.1. The first kappa shape index (κ1) is 41.0. The minimum atomic E-state index is -1.42. The van der Waals surface area contributed by atoms with E-state index in [0.717, 1.165) is 67.5 Å². The summed E-state index contributed by atoms with van der Waals surface area (Å²) < 4.78 is 39.9. The van der Waals surface area contributed by atoms with E-state index in [1.54, 1.807) is 11.8 Å². The molecule has 0 bridgehead atoms. The zero-order valence-corrected chi connectivity index (χ0v) is 34.4. The van der Waals surface area contributed by atoms with Gasteiger partial charge in [0.25, 0.3) is 5.91 Å². The van der Waals surface area contributed by atoms with Crippen molar-refractivity contribution in [3.8, 4) is 22.8 Å². The molecule has 0 aliphatic carbocycles. The van der Waals surface area contributed by atoms with Gasteiger partial charge in [-0.05, 0) is 80.3 Å². The Labute approximate surface area is 356 Å². The van der Waals surface area contributed by atoms with Gasteiger partial charge in [-0.3, -0.25) is 39.2 Å². The van der Waals surface area contributed by atoms with Gasteiger partial charge < -0.3 is 15.4 Å². The number of aryl methyl sites for hydroxylation is 1. The second-order valence-corrected chi connectivity index (χ2v) is 16.8. The second-order valence-electron chi connectivity index (χ2n) is 16.8. The van der Waals surface area contributed by atoms with E-state index in [1.807, 2.05) is 59.3 Å². The molecule has 0 spiro atoms. The van der Waals surface area contributed by atoms with Gasteiger partial charge in [-0.1, -0.05) is 18.2 Å². The number of alkyl halides is 1. The number of hydrogen-bond donors (Lipinski definition) is 2. The predicted octanol–water partition coefficient (Wildman–Crippen LogP) is 5.05. The number of nitrogens with zero attached hydrogens (tertiary/aromatic N) is 8. The van der Waals surface area contributed by atoms with E-state index < -0.39 is 35.2 Å². The van der Waals surface area contributed by atoms with Gasteiger partial charge in [0.1, 0.15) is 46.9 Å². The van der Waals surface area contributed by atoms with Gasteiger partial charge >= 0.3 is 0 Å². The van der Waals surface area contributed by atoms with Crippen molar-refractivity contribution in [2.45, 2.75) is 69.2 Å². The standard InChI is InChI=1S/C45H48F2N10O5/c1-28-21-37(35(46)22-34(28)44(61)56(27-58)36-11-12-38(59)51-43(36)60)55-19-15-45(47,16-20-55)25-53-23-31(24-53)54-17-13-30(14-18-54)57-42-39(41(48)49-26-50-42)40(52-57)29-7-9-33(10-8-29)62-32-5-3-2-4-6-32/h2-10,21-22,26-27,30-31,36H,11-20,23-25H2,1H3,(H2,48,49,50)(H,51,59,60). The molecule has 9 rings (SSSR count). The topological polar surface area (TPSA) is 172 Å². The molecule has 0 saturated carbocycles. The van der Waals surface area contributed by atoms with E-state index in [-0.39, 0.29) is 49.4 Å². The number of imide groups is 2. The van der Waals surface area contributed by atoms with Crippen LogP contribution in [0.25, 0.3) is 22.3 Å². The summed E-state index contributed by atoms with van der Waals surface area (Å²) >= 11 is 0. The molecule has 0 radical (unpaired) electrons. The number of para-hydroxylation sites is 1. The molecule has 15 nitrogen and oxygen atoms in total. The fraction of sp³-hybridized carbons (Fsp3) is 0.400. The van der Waals surface area contributed by atoms with E-state index in [4.69, 9.17) is 15.6 Å². The van der Waals surface area contributed by atoms with Crippen LogP contribution in [0.5, 0.6) is 11.5 Å². The lowest BCUT2D eigenvalue weighted by Gasteiger charge is -2.50. The lowest BCUT2D eigenvalue weighted by Crippen LogP contribution is -2.63. The number of anilines is 2. The Morgan fingerprint density at radius 3 is 2.37 bits per heavy atom. The van der Waals surface area contributed by atoms with Crippen LogP contribution in [-0.4, -0.2) is 122 Å². The number of likely N-dealkylation sites (tertiary alicyclic amines) is 2. The molecule has 3 N–H and O–H groups in total. The number of ether oxygens (including phenoxy) is 1. The normalized spacial score (nSPS) is 20.2. The van der Waals surface area contributed by atoms with Crippen LogP contribution in [0.4, 0.5) is 20.3 Å². The van der Waals surface area contributed by atoms with Crippen molar-refractivity contribution in [1.82, 2.24) is 39.8 Å². The zero-order chi connectivity index (χ0) is 43.1. The summed E-state index contributed by atoms with van der Waals surface area (Å²) in [6, 6.07) is 19.3. The number of nitrogen functional groups attached to an aromatic ring is 1. The van der Waals surface area contributed by atoms with Gasteiger partial charge in [0, 0.05) is 82.2 Å². The monoisotopic (exact) mass is 846 g/mol. The maximum atomic E-state index is 16.3. The number of halogens is 2. The fourth-order valence-electron chi connectivity index (χ4n) is 9.35. The summed E-state index contributed by atoms with van der Waals surface area (Å²) in [6.07, 6.45) is 3.91. The van der Waals surface area contributed by atoms with Crippen molar-refractivity contribution in [2.75, 3.05) is 56.4 Å². The van der Waals surface area contributed by atoms with Crippen molar-refractivity contribution >= 4 is 46.7 Å². The molecule has 4 amide bonds. The minimum Gasteiger partial charge on any atom is -0.457 e. The van der Waals surface area contributed by atoms with Crippen molar-refractivity contribution in [1.29, 1.82) is 0 Å². The number of hydrogen-bond acceptors (Lipinski definition) is 12. The number of fused-ring (bicyclic) bond motifs is 1. The van der Waals surface area contributed by atoms with Crippen molar-refractivity contribution in [3.63, 3.8) is 0 Å². The molecule has 1 unspecified atom stereocenters. The molecule has 17 heteroatoms. The largest absolute Gasteiger partial charge is 0.457 e. The molecular weight excluding hydrogens is 799 g/mol. The maximum Gasteiger partial charge on any atom is 0.261 e. The van der Waals surface area contributed by atoms with Crippen molar-refractivity contribution < 1.29 is 32.7 Å². The molecule has 4 saturated heterocycles. The molecular formula is C45H48F2N10O5. The van der Waals surface area contributed by atoms with Crippen molar-refractivity contribution in [3.05, 3.63) is 90.0 Å². The molecule has 5 aromatic rings. The third-order valence-corrected chi connectivity index (χ3v) is 12.8. The van der Waals surface area contributed by atoms with Crippen molar-refractivity contribution in [2.24, 2.45) is 0 Å². The summed E-state index contributed by atoms with van der Waals surface area (Å²) in [5.74, 6) is -0.883. The van der Waals surface area contributed by atoms with Crippen LogP contribution >= 0.6 is 0 Å². The molecule has 3 aromatic carbocycles. The van der Waals surface area contributed by atoms with Gasteiger partial charge in [-0.2, -0.15) is 5.10 Å². The molecule has 4 aliphatic rings. The lowest BCUT2D eigenvalue weighted by molar-refractivity contribution is -0.139. The van der Waals surface area contributed by atoms with E-state index in [9.17, 15) is 19.2 Å². The van der Waals surface area contributed by atoms with Crippen LogP contribution in [0.1, 0.15) is 60.5 Å².